The maximum Gasteiger partial charge on any atom is 0.413 e. The summed E-state index contributed by atoms with van der Waals surface area (Å²) in [6.07, 6.45) is -1.00. The summed E-state index contributed by atoms with van der Waals surface area (Å²) in [5, 5.41) is 5.52. The fraction of sp³-hybridized carbons (Fsp3) is 0.375. The molecule has 0 aliphatic heterocycles. The van der Waals surface area contributed by atoms with Gasteiger partial charge in [-0.05, 0) is 77.6 Å². The van der Waals surface area contributed by atoms with Gasteiger partial charge in [-0.3, -0.25) is 5.32 Å². The monoisotopic (exact) mass is 638 g/mol. The van der Waals surface area contributed by atoms with Crippen LogP contribution >= 0.6 is 22.7 Å². The number of rotatable bonds is 6. The van der Waals surface area contributed by atoms with Gasteiger partial charge < -0.3 is 26.3 Å². The molecule has 0 fully saturated rings. The fourth-order valence-corrected chi connectivity index (χ4v) is 5.31. The molecule has 4 rings (SSSR count). The van der Waals surface area contributed by atoms with Crippen LogP contribution in [-0.4, -0.2) is 33.4 Å². The highest BCUT2D eigenvalue weighted by Gasteiger charge is 2.20. The zero-order chi connectivity index (χ0) is 32.7. The Morgan fingerprint density at radius 1 is 0.750 bits per heavy atom. The third-order valence-electron chi connectivity index (χ3n) is 5.89. The third-order valence-corrected chi connectivity index (χ3v) is 7.65. The Kier molecular flexibility index (Phi) is 11.5. The molecule has 2 amide bonds. The number of nitrogens with two attached hydrogens (primary N) is 2. The molecule has 0 saturated carbocycles. The van der Waals surface area contributed by atoms with Gasteiger partial charge in [0, 0.05) is 6.04 Å². The first kappa shape index (κ1) is 34.5. The van der Waals surface area contributed by atoms with E-state index in [4.69, 9.17) is 20.9 Å². The van der Waals surface area contributed by atoms with E-state index in [0.717, 1.165) is 32.0 Å². The minimum atomic E-state index is -0.584. The second-order valence-corrected chi connectivity index (χ2v) is 13.8. The fourth-order valence-electron chi connectivity index (χ4n) is 3.84. The normalized spacial score (nSPS) is 12.8. The summed E-state index contributed by atoms with van der Waals surface area (Å²) in [6.45, 7) is 14.7. The standard InChI is InChI=1S/C21H29N3O4S.C11H13N3S/c1-13(23-18(25)27-20(2,3)4)14-8-10-15(11-9-14)16-17(22-12-29-16)24-19(26)28-21(5,6)7;1-7(12)8-2-4-9(5-3-8)10-11(13)14-6-15-10/h8-13H,1-7H3,(H,23,25)(H,24,26);2-7H,12-13H2,1H3/t13-;7-/m00/s1. The number of nitrogen functional groups attached to an aromatic ring is 1. The van der Waals surface area contributed by atoms with Gasteiger partial charge in [-0.15, -0.1) is 22.7 Å². The second kappa shape index (κ2) is 14.7. The van der Waals surface area contributed by atoms with Gasteiger partial charge in [0.25, 0.3) is 0 Å². The highest BCUT2D eigenvalue weighted by Crippen LogP contribution is 2.33. The maximum atomic E-state index is 12.0. The van der Waals surface area contributed by atoms with Crippen molar-refractivity contribution in [3.63, 3.8) is 0 Å². The molecule has 0 unspecified atom stereocenters. The van der Waals surface area contributed by atoms with Crippen LogP contribution in [0.25, 0.3) is 20.9 Å². The number of amides is 2. The molecule has 2 aromatic heterocycles. The van der Waals surface area contributed by atoms with Gasteiger partial charge in [-0.2, -0.15) is 0 Å². The van der Waals surface area contributed by atoms with E-state index in [1.54, 1.807) is 43.1 Å². The lowest BCUT2D eigenvalue weighted by Crippen LogP contribution is -2.34. The number of aromatic nitrogens is 2. The van der Waals surface area contributed by atoms with E-state index in [1.165, 1.54) is 11.3 Å². The molecular formula is C32H42N6O4S2. The van der Waals surface area contributed by atoms with Crippen LogP contribution in [0.2, 0.25) is 0 Å². The molecule has 0 aliphatic rings. The molecule has 44 heavy (non-hydrogen) atoms. The molecule has 2 atom stereocenters. The number of hydrogen-bond donors (Lipinski definition) is 4. The molecule has 2 heterocycles. The zero-order valence-electron chi connectivity index (χ0n) is 26.4. The number of hydrogen-bond acceptors (Lipinski definition) is 10. The minimum Gasteiger partial charge on any atom is -0.444 e. The smallest absolute Gasteiger partial charge is 0.413 e. The molecule has 0 radical (unpaired) electrons. The summed E-state index contributed by atoms with van der Waals surface area (Å²) in [7, 11) is 0. The van der Waals surface area contributed by atoms with Crippen LogP contribution in [0.1, 0.15) is 78.6 Å². The lowest BCUT2D eigenvalue weighted by molar-refractivity contribution is 0.0507. The number of nitrogens with zero attached hydrogens (tertiary/aromatic N) is 2. The van der Waals surface area contributed by atoms with Crippen molar-refractivity contribution in [2.75, 3.05) is 11.1 Å². The molecular weight excluding hydrogens is 597 g/mol. The molecule has 12 heteroatoms. The zero-order valence-corrected chi connectivity index (χ0v) is 28.1. The predicted octanol–water partition coefficient (Wildman–Crippen LogP) is 8.15. The van der Waals surface area contributed by atoms with Gasteiger partial charge in [-0.1, -0.05) is 48.5 Å². The Bertz CT molecular complexity index is 1520. The minimum absolute atomic E-state index is 0.0675. The highest BCUT2D eigenvalue weighted by atomic mass is 32.1. The largest absolute Gasteiger partial charge is 0.444 e. The summed E-state index contributed by atoms with van der Waals surface area (Å²) < 4.78 is 10.6. The summed E-state index contributed by atoms with van der Waals surface area (Å²) >= 11 is 2.97. The Labute approximate surface area is 267 Å². The van der Waals surface area contributed by atoms with Crippen LogP contribution in [-0.2, 0) is 9.47 Å². The van der Waals surface area contributed by atoms with Crippen molar-refractivity contribution in [2.24, 2.45) is 5.73 Å². The number of carbonyl (C=O) groups is 2. The number of nitrogens with one attached hydrogen (secondary N) is 2. The number of carbonyl (C=O) groups excluding carboxylic acids is 2. The van der Waals surface area contributed by atoms with E-state index in [-0.39, 0.29) is 12.1 Å². The van der Waals surface area contributed by atoms with Crippen molar-refractivity contribution >= 4 is 46.5 Å². The van der Waals surface area contributed by atoms with Gasteiger partial charge in [0.2, 0.25) is 0 Å². The number of benzene rings is 2. The molecule has 10 nitrogen and oxygen atoms in total. The Morgan fingerprint density at radius 2 is 1.23 bits per heavy atom. The molecule has 6 N–H and O–H groups in total. The summed E-state index contributed by atoms with van der Waals surface area (Å²) in [4.78, 5) is 34.1. The van der Waals surface area contributed by atoms with E-state index < -0.39 is 23.4 Å². The molecule has 0 saturated heterocycles. The quantitative estimate of drug-likeness (QED) is 0.165. The molecule has 236 valence electrons. The van der Waals surface area contributed by atoms with E-state index in [0.29, 0.717) is 11.6 Å². The van der Waals surface area contributed by atoms with Crippen molar-refractivity contribution in [1.29, 1.82) is 0 Å². The summed E-state index contributed by atoms with van der Waals surface area (Å²) in [5.41, 5.74) is 17.9. The first-order valence-corrected chi connectivity index (χ1v) is 15.9. The first-order valence-electron chi connectivity index (χ1n) is 14.1. The highest BCUT2D eigenvalue weighted by molar-refractivity contribution is 7.14. The van der Waals surface area contributed by atoms with Crippen LogP contribution in [0.5, 0.6) is 0 Å². The Balaban J connectivity index is 0.000000293. The van der Waals surface area contributed by atoms with Gasteiger partial charge in [-0.25, -0.2) is 19.6 Å². The van der Waals surface area contributed by atoms with Gasteiger partial charge >= 0.3 is 12.2 Å². The van der Waals surface area contributed by atoms with Crippen LogP contribution in [0, 0.1) is 0 Å². The Morgan fingerprint density at radius 3 is 1.73 bits per heavy atom. The van der Waals surface area contributed by atoms with E-state index in [9.17, 15) is 9.59 Å². The van der Waals surface area contributed by atoms with Gasteiger partial charge in [0.15, 0.2) is 5.82 Å². The van der Waals surface area contributed by atoms with E-state index in [2.05, 4.69) is 20.6 Å². The lowest BCUT2D eigenvalue weighted by atomic mass is 10.1. The van der Waals surface area contributed by atoms with Crippen LogP contribution < -0.4 is 22.1 Å². The lowest BCUT2D eigenvalue weighted by Gasteiger charge is -2.22. The Hall–Kier alpha value is -4.00. The topological polar surface area (TPSA) is 154 Å². The number of anilines is 2. The van der Waals surface area contributed by atoms with Crippen molar-refractivity contribution < 1.29 is 19.1 Å². The van der Waals surface area contributed by atoms with Gasteiger partial charge in [0.05, 0.1) is 26.8 Å². The maximum absolute atomic E-state index is 12.0. The average Bonchev–Trinajstić information content (AvgIpc) is 3.55. The molecule has 0 aliphatic carbocycles. The predicted molar refractivity (Wildman–Crippen MR) is 180 cm³/mol. The number of thiazole rings is 2. The second-order valence-electron chi connectivity index (χ2n) is 12.1. The van der Waals surface area contributed by atoms with E-state index in [1.807, 2.05) is 83.1 Å². The van der Waals surface area contributed by atoms with Crippen molar-refractivity contribution in [3.8, 4) is 20.9 Å². The van der Waals surface area contributed by atoms with Crippen molar-refractivity contribution in [1.82, 2.24) is 15.3 Å². The summed E-state index contributed by atoms with van der Waals surface area (Å²) in [5.74, 6) is 1.05. The van der Waals surface area contributed by atoms with Crippen LogP contribution in [0.15, 0.2) is 59.6 Å². The summed E-state index contributed by atoms with van der Waals surface area (Å²) in [6, 6.07) is 15.7. The average molecular weight is 639 g/mol. The van der Waals surface area contributed by atoms with E-state index >= 15 is 0 Å². The van der Waals surface area contributed by atoms with Gasteiger partial charge in [0.1, 0.15) is 17.0 Å². The van der Waals surface area contributed by atoms with Crippen molar-refractivity contribution in [3.05, 3.63) is 70.7 Å². The van der Waals surface area contributed by atoms with Crippen LogP contribution in [0.4, 0.5) is 21.2 Å². The van der Waals surface area contributed by atoms with Crippen molar-refractivity contribution in [2.45, 2.75) is 78.7 Å². The molecule has 2 aromatic carbocycles. The SMILES string of the molecule is C[C@H](N)c1ccc(-c2scnc2N)cc1.C[C@H](NC(=O)OC(C)(C)C)c1ccc(-c2scnc2NC(=O)OC(C)(C)C)cc1. The molecule has 0 bridgehead atoms. The molecule has 4 aromatic rings. The van der Waals surface area contributed by atoms with Crippen LogP contribution in [0.3, 0.4) is 0 Å². The number of ether oxygens (including phenoxy) is 2. The third kappa shape index (κ3) is 10.6. The molecule has 0 spiro atoms. The first-order chi connectivity index (χ1) is 20.5. The number of alkyl carbamates (subject to hydrolysis) is 1.